The van der Waals surface area contributed by atoms with Gasteiger partial charge in [-0.1, -0.05) is 11.6 Å². The van der Waals surface area contributed by atoms with Crippen LogP contribution in [0.15, 0.2) is 40.8 Å². The van der Waals surface area contributed by atoms with Gasteiger partial charge in [-0.2, -0.15) is 0 Å². The molecule has 3 rings (SSSR count). The molecular formula is C13H8ClFN2O. The first kappa shape index (κ1) is 11.0. The van der Waals surface area contributed by atoms with E-state index in [9.17, 15) is 4.39 Å². The first-order valence-corrected chi connectivity index (χ1v) is 5.63. The number of halogens is 2. The van der Waals surface area contributed by atoms with Gasteiger partial charge in [0.25, 0.3) is 0 Å². The number of anilines is 1. The SMILES string of the molecule is Nc1cc(Cl)ccc1-c1nc2cc(F)ccc2o1. The number of nitrogens with zero attached hydrogens (tertiary/aromatic N) is 1. The highest BCUT2D eigenvalue weighted by Crippen LogP contribution is 2.30. The van der Waals surface area contributed by atoms with Crippen LogP contribution in [0.2, 0.25) is 5.02 Å². The van der Waals surface area contributed by atoms with E-state index >= 15 is 0 Å². The summed E-state index contributed by atoms with van der Waals surface area (Å²) in [7, 11) is 0. The van der Waals surface area contributed by atoms with Gasteiger partial charge in [-0.15, -0.1) is 0 Å². The number of hydrogen-bond acceptors (Lipinski definition) is 3. The summed E-state index contributed by atoms with van der Waals surface area (Å²) in [5.41, 5.74) is 7.92. The average molecular weight is 263 g/mol. The van der Waals surface area contributed by atoms with E-state index in [-0.39, 0.29) is 5.82 Å². The molecule has 0 saturated heterocycles. The number of rotatable bonds is 1. The number of nitrogens with two attached hydrogens (primary N) is 1. The van der Waals surface area contributed by atoms with Crippen LogP contribution in [-0.4, -0.2) is 4.98 Å². The fourth-order valence-electron chi connectivity index (χ4n) is 1.74. The van der Waals surface area contributed by atoms with Crippen molar-refractivity contribution in [2.75, 3.05) is 5.73 Å². The second-order valence-electron chi connectivity index (χ2n) is 3.86. The molecule has 1 aromatic heterocycles. The summed E-state index contributed by atoms with van der Waals surface area (Å²) in [6, 6.07) is 9.21. The molecule has 90 valence electrons. The van der Waals surface area contributed by atoms with E-state index < -0.39 is 0 Å². The summed E-state index contributed by atoms with van der Waals surface area (Å²) in [4.78, 5) is 4.20. The Morgan fingerprint density at radius 3 is 2.78 bits per heavy atom. The molecule has 0 bridgehead atoms. The van der Waals surface area contributed by atoms with Crippen molar-refractivity contribution in [3.05, 3.63) is 47.2 Å². The Labute approximate surface area is 107 Å². The highest BCUT2D eigenvalue weighted by molar-refractivity contribution is 6.31. The van der Waals surface area contributed by atoms with E-state index in [2.05, 4.69) is 4.98 Å². The van der Waals surface area contributed by atoms with Crippen molar-refractivity contribution in [2.24, 2.45) is 0 Å². The summed E-state index contributed by atoms with van der Waals surface area (Å²) in [6.45, 7) is 0. The van der Waals surface area contributed by atoms with E-state index in [1.165, 1.54) is 18.2 Å². The van der Waals surface area contributed by atoms with Gasteiger partial charge in [-0.3, -0.25) is 0 Å². The van der Waals surface area contributed by atoms with Crippen LogP contribution in [0, 0.1) is 5.82 Å². The standard InChI is InChI=1S/C13H8ClFN2O/c14-7-1-3-9(10(16)5-7)13-17-11-6-8(15)2-4-12(11)18-13/h1-6H,16H2. The molecule has 0 aliphatic heterocycles. The summed E-state index contributed by atoms with van der Waals surface area (Å²) >= 11 is 5.82. The third kappa shape index (κ3) is 1.80. The van der Waals surface area contributed by atoms with E-state index in [0.717, 1.165) is 0 Å². The number of fused-ring (bicyclic) bond motifs is 1. The minimum Gasteiger partial charge on any atom is -0.436 e. The summed E-state index contributed by atoms with van der Waals surface area (Å²) < 4.78 is 18.6. The second-order valence-corrected chi connectivity index (χ2v) is 4.30. The van der Waals surface area contributed by atoms with Crippen LogP contribution in [0.1, 0.15) is 0 Å². The first-order chi connectivity index (χ1) is 8.63. The van der Waals surface area contributed by atoms with Crippen molar-refractivity contribution in [1.82, 2.24) is 4.98 Å². The molecule has 0 fully saturated rings. The minimum atomic E-state index is -0.355. The maximum atomic E-state index is 13.1. The molecule has 5 heteroatoms. The van der Waals surface area contributed by atoms with E-state index in [1.807, 2.05) is 0 Å². The minimum absolute atomic E-state index is 0.352. The van der Waals surface area contributed by atoms with Crippen LogP contribution in [0.5, 0.6) is 0 Å². The highest BCUT2D eigenvalue weighted by atomic mass is 35.5. The third-order valence-electron chi connectivity index (χ3n) is 2.59. The Balaban J connectivity index is 2.19. The predicted octanol–water partition coefficient (Wildman–Crippen LogP) is 3.87. The van der Waals surface area contributed by atoms with Crippen molar-refractivity contribution < 1.29 is 8.81 Å². The largest absolute Gasteiger partial charge is 0.436 e. The van der Waals surface area contributed by atoms with Crippen molar-refractivity contribution in [3.63, 3.8) is 0 Å². The van der Waals surface area contributed by atoms with Gasteiger partial charge in [-0.05, 0) is 30.3 Å². The third-order valence-corrected chi connectivity index (χ3v) is 2.83. The van der Waals surface area contributed by atoms with Crippen LogP contribution in [0.3, 0.4) is 0 Å². The molecule has 0 radical (unpaired) electrons. The van der Waals surface area contributed by atoms with E-state index in [1.54, 1.807) is 18.2 Å². The zero-order valence-corrected chi connectivity index (χ0v) is 9.91. The molecule has 0 saturated carbocycles. The van der Waals surface area contributed by atoms with Gasteiger partial charge >= 0.3 is 0 Å². The quantitative estimate of drug-likeness (QED) is 0.677. The Bertz CT molecular complexity index is 739. The normalized spacial score (nSPS) is 11.0. The zero-order chi connectivity index (χ0) is 12.7. The zero-order valence-electron chi connectivity index (χ0n) is 9.15. The molecule has 0 aliphatic carbocycles. The highest BCUT2D eigenvalue weighted by Gasteiger charge is 2.11. The van der Waals surface area contributed by atoms with E-state index in [4.69, 9.17) is 21.8 Å². The lowest BCUT2D eigenvalue weighted by Gasteiger charge is -2.00. The molecule has 1 heterocycles. The molecule has 18 heavy (non-hydrogen) atoms. The van der Waals surface area contributed by atoms with Gasteiger partial charge in [0, 0.05) is 16.8 Å². The van der Waals surface area contributed by atoms with Crippen LogP contribution in [0.25, 0.3) is 22.6 Å². The Kier molecular flexibility index (Phi) is 2.45. The van der Waals surface area contributed by atoms with Crippen LogP contribution in [0.4, 0.5) is 10.1 Å². The Hall–Kier alpha value is -2.07. The summed E-state index contributed by atoms with van der Waals surface area (Å²) in [6.07, 6.45) is 0. The molecule has 3 nitrogen and oxygen atoms in total. The molecule has 0 unspecified atom stereocenters. The molecule has 2 N–H and O–H groups in total. The van der Waals surface area contributed by atoms with Crippen molar-refractivity contribution in [3.8, 4) is 11.5 Å². The van der Waals surface area contributed by atoms with Gasteiger partial charge in [-0.25, -0.2) is 9.37 Å². The van der Waals surface area contributed by atoms with Crippen molar-refractivity contribution >= 4 is 28.4 Å². The lowest BCUT2D eigenvalue weighted by Crippen LogP contribution is -1.89. The number of hydrogen-bond donors (Lipinski definition) is 1. The maximum Gasteiger partial charge on any atom is 0.229 e. The van der Waals surface area contributed by atoms with Gasteiger partial charge in [0.15, 0.2) is 5.58 Å². The van der Waals surface area contributed by atoms with E-state index in [0.29, 0.717) is 33.3 Å². The van der Waals surface area contributed by atoms with Gasteiger partial charge in [0.05, 0.1) is 5.56 Å². The first-order valence-electron chi connectivity index (χ1n) is 5.25. The van der Waals surface area contributed by atoms with Gasteiger partial charge in [0.2, 0.25) is 5.89 Å². The number of benzene rings is 2. The lowest BCUT2D eigenvalue weighted by atomic mass is 10.2. The van der Waals surface area contributed by atoms with Crippen LogP contribution in [-0.2, 0) is 0 Å². The lowest BCUT2D eigenvalue weighted by molar-refractivity contribution is 0.614. The summed E-state index contributed by atoms with van der Waals surface area (Å²) in [5.74, 6) is -0.00352. The topological polar surface area (TPSA) is 52.0 Å². The van der Waals surface area contributed by atoms with Crippen LogP contribution < -0.4 is 5.73 Å². The molecule has 2 aromatic carbocycles. The Morgan fingerprint density at radius 1 is 1.17 bits per heavy atom. The van der Waals surface area contributed by atoms with Gasteiger partial charge < -0.3 is 10.2 Å². The van der Waals surface area contributed by atoms with Gasteiger partial charge in [0.1, 0.15) is 11.3 Å². The monoisotopic (exact) mass is 262 g/mol. The van der Waals surface area contributed by atoms with Crippen LogP contribution >= 0.6 is 11.6 Å². The second kappa shape index (κ2) is 3.99. The molecule has 0 spiro atoms. The summed E-state index contributed by atoms with van der Waals surface area (Å²) in [5, 5.41) is 0.540. The smallest absolute Gasteiger partial charge is 0.229 e. The maximum absolute atomic E-state index is 13.1. The molecular weight excluding hydrogens is 255 g/mol. The number of nitrogen functional groups attached to an aromatic ring is 1. The number of aromatic nitrogens is 1. The fourth-order valence-corrected chi connectivity index (χ4v) is 1.92. The predicted molar refractivity (Wildman–Crippen MR) is 68.8 cm³/mol. The van der Waals surface area contributed by atoms with Crippen molar-refractivity contribution in [2.45, 2.75) is 0 Å². The molecule has 0 amide bonds. The number of oxazole rings is 1. The fraction of sp³-hybridized carbons (Fsp3) is 0. The Morgan fingerprint density at radius 2 is 2.00 bits per heavy atom. The molecule has 0 aliphatic rings. The average Bonchev–Trinajstić information content (AvgIpc) is 2.71. The molecule has 0 atom stereocenters. The molecule has 3 aromatic rings. The van der Waals surface area contributed by atoms with Crippen molar-refractivity contribution in [1.29, 1.82) is 0 Å².